The van der Waals surface area contributed by atoms with Crippen LogP contribution in [0.25, 0.3) is 0 Å². The molecule has 3 rings (SSSR count). The molecule has 1 aliphatic carbocycles. The van der Waals surface area contributed by atoms with E-state index in [4.69, 9.17) is 0 Å². The molecule has 2 atom stereocenters. The van der Waals surface area contributed by atoms with Crippen LogP contribution < -0.4 is 5.32 Å². The van der Waals surface area contributed by atoms with Crippen molar-refractivity contribution < 1.29 is 4.79 Å². The Morgan fingerprint density at radius 1 is 1.06 bits per heavy atom. The monoisotopic (exact) mass is 236 g/mol. The number of carbonyl (C=O) groups excluding carboxylic acids is 1. The fraction of sp³-hybridized carbons (Fsp3) is 0.929. The van der Waals surface area contributed by atoms with E-state index in [1.807, 2.05) is 0 Å². The zero-order valence-corrected chi connectivity index (χ0v) is 11.4. The number of fused-ring (bicyclic) bond motifs is 1. The lowest BCUT2D eigenvalue weighted by atomic mass is 10.0. The fourth-order valence-corrected chi connectivity index (χ4v) is 4.63. The van der Waals surface area contributed by atoms with Gasteiger partial charge in [0.1, 0.15) is 6.29 Å². The topological polar surface area (TPSA) is 32.3 Å². The molecule has 0 aromatic heterocycles. The average Bonchev–Trinajstić information content (AvgIpc) is 2.69. The Labute approximate surface area is 104 Å². The quantitative estimate of drug-likeness (QED) is 0.730. The van der Waals surface area contributed by atoms with Gasteiger partial charge in [0.05, 0.1) is 5.54 Å². The van der Waals surface area contributed by atoms with Crippen molar-refractivity contribution >= 4 is 6.29 Å². The third-order valence-corrected chi connectivity index (χ3v) is 6.46. The zero-order valence-electron chi connectivity index (χ0n) is 11.4. The van der Waals surface area contributed by atoms with Gasteiger partial charge in [0.2, 0.25) is 0 Å². The van der Waals surface area contributed by atoms with Crippen LogP contribution in [0.4, 0.5) is 0 Å². The van der Waals surface area contributed by atoms with Gasteiger partial charge in [0.25, 0.3) is 0 Å². The summed E-state index contributed by atoms with van der Waals surface area (Å²) in [7, 11) is 0. The predicted octanol–water partition coefficient (Wildman–Crippen LogP) is 1.14. The van der Waals surface area contributed by atoms with Crippen molar-refractivity contribution in [2.75, 3.05) is 26.2 Å². The first-order valence-corrected chi connectivity index (χ1v) is 6.80. The van der Waals surface area contributed by atoms with Crippen LogP contribution in [-0.2, 0) is 4.79 Å². The zero-order chi connectivity index (χ0) is 12.5. The van der Waals surface area contributed by atoms with E-state index in [0.717, 1.165) is 38.0 Å². The second-order valence-electron chi connectivity index (χ2n) is 7.22. The van der Waals surface area contributed by atoms with Crippen molar-refractivity contribution in [3.8, 4) is 0 Å². The minimum Gasteiger partial charge on any atom is -0.316 e. The van der Waals surface area contributed by atoms with Crippen LogP contribution in [0.1, 0.15) is 27.7 Å². The van der Waals surface area contributed by atoms with Crippen LogP contribution in [0.3, 0.4) is 0 Å². The summed E-state index contributed by atoms with van der Waals surface area (Å²) in [6, 6.07) is 0. The van der Waals surface area contributed by atoms with Gasteiger partial charge >= 0.3 is 0 Å². The largest absolute Gasteiger partial charge is 0.316 e. The van der Waals surface area contributed by atoms with E-state index in [0.29, 0.717) is 0 Å². The summed E-state index contributed by atoms with van der Waals surface area (Å²) in [5.41, 5.74) is -0.00796. The summed E-state index contributed by atoms with van der Waals surface area (Å²) in [5, 5.41) is 3.46. The molecule has 0 radical (unpaired) electrons. The summed E-state index contributed by atoms with van der Waals surface area (Å²) in [6.45, 7) is 13.4. The predicted molar refractivity (Wildman–Crippen MR) is 67.8 cm³/mol. The molecule has 3 heteroatoms. The number of rotatable bonds is 2. The first-order chi connectivity index (χ1) is 7.88. The number of carbonyl (C=O) groups is 1. The molecule has 3 nitrogen and oxygen atoms in total. The number of likely N-dealkylation sites (tertiary alicyclic amines) is 1. The summed E-state index contributed by atoms with van der Waals surface area (Å²) >= 11 is 0. The maximum atomic E-state index is 11.8. The molecule has 3 aliphatic rings. The van der Waals surface area contributed by atoms with Gasteiger partial charge in [0.15, 0.2) is 0 Å². The van der Waals surface area contributed by atoms with Gasteiger partial charge in [-0.25, -0.2) is 0 Å². The van der Waals surface area contributed by atoms with Crippen LogP contribution in [0.15, 0.2) is 0 Å². The van der Waals surface area contributed by atoms with Crippen molar-refractivity contribution in [3.05, 3.63) is 0 Å². The van der Waals surface area contributed by atoms with Crippen molar-refractivity contribution in [1.82, 2.24) is 10.2 Å². The Morgan fingerprint density at radius 3 is 1.88 bits per heavy atom. The highest BCUT2D eigenvalue weighted by molar-refractivity contribution is 5.75. The second-order valence-corrected chi connectivity index (χ2v) is 7.22. The highest BCUT2D eigenvalue weighted by Crippen LogP contribution is 2.73. The fourth-order valence-electron chi connectivity index (χ4n) is 4.63. The van der Waals surface area contributed by atoms with E-state index in [9.17, 15) is 4.79 Å². The van der Waals surface area contributed by atoms with E-state index in [-0.39, 0.29) is 16.4 Å². The molecule has 0 aromatic rings. The minimum absolute atomic E-state index is 0.105. The average molecular weight is 236 g/mol. The summed E-state index contributed by atoms with van der Waals surface area (Å²) in [6.07, 6.45) is 1.24. The molecule has 0 amide bonds. The molecule has 2 heterocycles. The van der Waals surface area contributed by atoms with Gasteiger partial charge in [-0.3, -0.25) is 4.90 Å². The molecule has 2 unspecified atom stereocenters. The van der Waals surface area contributed by atoms with Crippen LogP contribution in [0.5, 0.6) is 0 Å². The molecule has 1 N–H and O–H groups in total. The first kappa shape index (κ1) is 11.7. The third-order valence-electron chi connectivity index (χ3n) is 6.46. The summed E-state index contributed by atoms with van der Waals surface area (Å²) < 4.78 is 0. The molecular formula is C14H24N2O. The van der Waals surface area contributed by atoms with Crippen LogP contribution >= 0.6 is 0 Å². The lowest BCUT2D eigenvalue weighted by Gasteiger charge is -2.28. The third kappa shape index (κ3) is 1.08. The van der Waals surface area contributed by atoms with E-state index in [1.54, 1.807) is 0 Å². The highest BCUT2D eigenvalue weighted by Gasteiger charge is 2.80. The Balaban J connectivity index is 1.88. The molecule has 2 aliphatic heterocycles. The molecule has 0 bridgehead atoms. The molecule has 17 heavy (non-hydrogen) atoms. The summed E-state index contributed by atoms with van der Waals surface area (Å²) in [5.74, 6) is 1.53. The summed E-state index contributed by atoms with van der Waals surface area (Å²) in [4.78, 5) is 14.3. The first-order valence-electron chi connectivity index (χ1n) is 6.80. The Hall–Kier alpha value is -0.410. The molecule has 1 saturated carbocycles. The maximum Gasteiger partial charge on any atom is 0.141 e. The minimum atomic E-state index is -0.218. The van der Waals surface area contributed by atoms with E-state index < -0.39 is 0 Å². The highest BCUT2D eigenvalue weighted by atomic mass is 16.1. The number of hydrogen-bond acceptors (Lipinski definition) is 3. The number of nitrogens with one attached hydrogen (secondary N) is 1. The lowest BCUT2D eigenvalue weighted by Crippen LogP contribution is -2.44. The van der Waals surface area contributed by atoms with Gasteiger partial charge in [-0.2, -0.15) is 0 Å². The standard InChI is InChI=1S/C14H24N2O/c1-12(2)13(3,4)14(12,9-17)16-7-10-5-15-6-11(10)8-16/h9-11,15H,5-8H2,1-4H3. The van der Waals surface area contributed by atoms with E-state index in [1.165, 1.54) is 6.29 Å². The second kappa shape index (κ2) is 3.12. The van der Waals surface area contributed by atoms with Crippen LogP contribution in [-0.4, -0.2) is 42.9 Å². The van der Waals surface area contributed by atoms with E-state index in [2.05, 4.69) is 37.9 Å². The van der Waals surface area contributed by atoms with Gasteiger partial charge in [0, 0.05) is 13.1 Å². The molecule has 0 aromatic carbocycles. The van der Waals surface area contributed by atoms with Crippen LogP contribution in [0, 0.1) is 22.7 Å². The SMILES string of the molecule is CC1(C)C(C)(C)C1(C=O)N1CC2CNCC2C1. The number of nitrogens with zero attached hydrogens (tertiary/aromatic N) is 1. The molecule has 2 saturated heterocycles. The van der Waals surface area contributed by atoms with Gasteiger partial charge < -0.3 is 10.1 Å². The number of aldehydes is 1. The Morgan fingerprint density at radius 2 is 1.53 bits per heavy atom. The van der Waals surface area contributed by atoms with E-state index >= 15 is 0 Å². The number of hydrogen-bond donors (Lipinski definition) is 1. The Kier molecular flexibility index (Phi) is 2.14. The smallest absolute Gasteiger partial charge is 0.141 e. The lowest BCUT2D eigenvalue weighted by molar-refractivity contribution is -0.115. The normalized spacial score (nSPS) is 41.2. The van der Waals surface area contributed by atoms with Crippen molar-refractivity contribution in [2.45, 2.75) is 33.2 Å². The molecule has 0 spiro atoms. The van der Waals surface area contributed by atoms with Crippen molar-refractivity contribution in [3.63, 3.8) is 0 Å². The molecule has 96 valence electrons. The van der Waals surface area contributed by atoms with Gasteiger partial charge in [-0.15, -0.1) is 0 Å². The molecular weight excluding hydrogens is 212 g/mol. The van der Waals surface area contributed by atoms with Gasteiger partial charge in [-0.1, -0.05) is 27.7 Å². The Bertz CT molecular complexity index is 335. The van der Waals surface area contributed by atoms with Gasteiger partial charge in [-0.05, 0) is 35.8 Å². The van der Waals surface area contributed by atoms with Crippen molar-refractivity contribution in [2.24, 2.45) is 22.7 Å². The van der Waals surface area contributed by atoms with Crippen LogP contribution in [0.2, 0.25) is 0 Å². The van der Waals surface area contributed by atoms with Crippen molar-refractivity contribution in [1.29, 1.82) is 0 Å². The molecule has 3 fully saturated rings. The maximum absolute atomic E-state index is 11.8.